The fourth-order valence-electron chi connectivity index (χ4n) is 4.10. The van der Waals surface area contributed by atoms with Crippen molar-refractivity contribution in [3.05, 3.63) is 48.5 Å². The lowest BCUT2D eigenvalue weighted by atomic mass is 9.93. The number of nitrogens with zero attached hydrogens (tertiary/aromatic N) is 4. The number of rotatable bonds is 6. The Morgan fingerprint density at radius 3 is 2.80 bits per heavy atom. The van der Waals surface area contributed by atoms with Gasteiger partial charge in [0.05, 0.1) is 25.0 Å². The molecule has 2 aliphatic rings. The molecular formula is C23H34IN5O. The number of hydrogen-bond donors (Lipinski definition) is 1. The zero-order valence-corrected chi connectivity index (χ0v) is 20.4. The number of nitrogens with one attached hydrogen (secondary N) is 1. The van der Waals surface area contributed by atoms with E-state index in [0.717, 1.165) is 43.3 Å². The van der Waals surface area contributed by atoms with Crippen LogP contribution < -0.4 is 10.1 Å². The van der Waals surface area contributed by atoms with Gasteiger partial charge in [0.1, 0.15) is 5.75 Å². The Labute approximate surface area is 197 Å². The van der Waals surface area contributed by atoms with Gasteiger partial charge in [0, 0.05) is 37.6 Å². The van der Waals surface area contributed by atoms with E-state index in [0.29, 0.717) is 24.6 Å². The topological polar surface area (TPSA) is 54.7 Å². The van der Waals surface area contributed by atoms with Crippen LogP contribution in [0.25, 0.3) is 0 Å². The third kappa shape index (κ3) is 5.47. The van der Waals surface area contributed by atoms with Crippen LogP contribution in [0.4, 0.5) is 0 Å². The van der Waals surface area contributed by atoms with Crippen molar-refractivity contribution in [2.45, 2.75) is 58.2 Å². The first-order valence-corrected chi connectivity index (χ1v) is 11.0. The van der Waals surface area contributed by atoms with Gasteiger partial charge in [0.15, 0.2) is 5.96 Å². The van der Waals surface area contributed by atoms with Gasteiger partial charge in [-0.25, -0.2) is 9.98 Å². The summed E-state index contributed by atoms with van der Waals surface area (Å²) in [5.41, 5.74) is 1.16. The molecule has 1 aliphatic carbocycles. The molecule has 0 radical (unpaired) electrons. The van der Waals surface area contributed by atoms with E-state index in [9.17, 15) is 0 Å². The number of aliphatic imine (C=N–C) groups is 1. The Kier molecular flexibility index (Phi) is 8.41. The van der Waals surface area contributed by atoms with E-state index in [1.54, 1.807) is 0 Å². The fourth-order valence-corrected chi connectivity index (χ4v) is 4.10. The minimum Gasteiger partial charge on any atom is -0.490 e. The minimum absolute atomic E-state index is 0. The number of benzene rings is 1. The second-order valence-corrected chi connectivity index (χ2v) is 8.24. The highest BCUT2D eigenvalue weighted by molar-refractivity contribution is 14.0. The largest absolute Gasteiger partial charge is 0.490 e. The molecule has 0 spiro atoms. The van der Waals surface area contributed by atoms with Crippen molar-refractivity contribution in [3.8, 4) is 5.75 Å². The molecule has 1 saturated carbocycles. The number of para-hydroxylation sites is 1. The maximum atomic E-state index is 6.19. The maximum Gasteiger partial charge on any atom is 0.194 e. The van der Waals surface area contributed by atoms with Crippen LogP contribution in [0, 0.1) is 5.92 Å². The SMILES string of the molecule is CCNC(=NCc1ccccc1OC1CCC1)N1CCC(C)C(n2ccnc2)C1.I. The van der Waals surface area contributed by atoms with Crippen LogP contribution in [0.15, 0.2) is 48.0 Å². The van der Waals surface area contributed by atoms with Gasteiger partial charge >= 0.3 is 0 Å². The van der Waals surface area contributed by atoms with E-state index in [4.69, 9.17) is 9.73 Å². The Balaban J connectivity index is 0.00000256. The lowest BCUT2D eigenvalue weighted by molar-refractivity contribution is 0.119. The van der Waals surface area contributed by atoms with Gasteiger partial charge < -0.3 is 19.5 Å². The number of imidazole rings is 1. The summed E-state index contributed by atoms with van der Waals surface area (Å²) in [5.74, 6) is 2.60. The monoisotopic (exact) mass is 523 g/mol. The number of guanidine groups is 1. The minimum atomic E-state index is 0. The van der Waals surface area contributed by atoms with Gasteiger partial charge in [0.2, 0.25) is 0 Å². The van der Waals surface area contributed by atoms with Gasteiger partial charge in [-0.3, -0.25) is 0 Å². The molecule has 0 bridgehead atoms. The second kappa shape index (κ2) is 11.0. The quantitative estimate of drug-likeness (QED) is 0.345. The summed E-state index contributed by atoms with van der Waals surface area (Å²) in [7, 11) is 0. The zero-order chi connectivity index (χ0) is 20.1. The molecule has 2 atom stereocenters. The van der Waals surface area contributed by atoms with Crippen molar-refractivity contribution in [2.24, 2.45) is 10.9 Å². The van der Waals surface area contributed by atoms with E-state index in [-0.39, 0.29) is 24.0 Å². The Bertz CT molecular complexity index is 806. The van der Waals surface area contributed by atoms with Crippen molar-refractivity contribution < 1.29 is 4.74 Å². The number of hydrogen-bond acceptors (Lipinski definition) is 3. The smallest absolute Gasteiger partial charge is 0.194 e. The molecule has 1 aromatic heterocycles. The molecule has 4 rings (SSSR count). The number of halogens is 1. The molecule has 164 valence electrons. The molecule has 7 heteroatoms. The van der Waals surface area contributed by atoms with E-state index < -0.39 is 0 Å². The molecule has 6 nitrogen and oxygen atoms in total. The molecule has 30 heavy (non-hydrogen) atoms. The summed E-state index contributed by atoms with van der Waals surface area (Å²) in [6.07, 6.45) is 11.0. The van der Waals surface area contributed by atoms with E-state index in [1.807, 2.05) is 18.6 Å². The highest BCUT2D eigenvalue weighted by Gasteiger charge is 2.29. The molecule has 1 N–H and O–H groups in total. The molecule has 2 aromatic rings. The molecule has 1 aliphatic heterocycles. The highest BCUT2D eigenvalue weighted by atomic mass is 127. The summed E-state index contributed by atoms with van der Waals surface area (Å²) in [6.45, 7) is 7.93. The van der Waals surface area contributed by atoms with Crippen LogP contribution in [0.1, 0.15) is 51.1 Å². The standard InChI is InChI=1S/C23H33N5O.HI/c1-3-25-23(27-13-11-18(2)21(16-27)28-14-12-24-17-28)26-15-19-7-4-5-10-22(19)29-20-8-6-9-20;/h4-5,7,10,12,14,17-18,20-21H,3,6,8-9,11,13,15-16H2,1-2H3,(H,25,26);1H. The van der Waals surface area contributed by atoms with Gasteiger partial charge in [0.25, 0.3) is 0 Å². The van der Waals surface area contributed by atoms with Gasteiger partial charge in [-0.2, -0.15) is 0 Å². The van der Waals surface area contributed by atoms with E-state index in [2.05, 4.69) is 58.0 Å². The summed E-state index contributed by atoms with van der Waals surface area (Å²) in [6, 6.07) is 8.75. The lowest BCUT2D eigenvalue weighted by Crippen LogP contribution is -2.49. The Morgan fingerprint density at radius 2 is 2.10 bits per heavy atom. The summed E-state index contributed by atoms with van der Waals surface area (Å²) < 4.78 is 8.42. The lowest BCUT2D eigenvalue weighted by Gasteiger charge is -2.39. The molecule has 2 heterocycles. The first-order valence-electron chi connectivity index (χ1n) is 11.0. The van der Waals surface area contributed by atoms with Crippen LogP contribution in [-0.2, 0) is 6.54 Å². The van der Waals surface area contributed by atoms with Gasteiger partial charge in [-0.1, -0.05) is 25.1 Å². The van der Waals surface area contributed by atoms with E-state index in [1.165, 1.54) is 19.3 Å². The normalized spacial score (nSPS) is 22.2. The number of piperidine rings is 1. The number of ether oxygens (including phenoxy) is 1. The average molecular weight is 523 g/mol. The summed E-state index contributed by atoms with van der Waals surface area (Å²) in [5, 5.41) is 3.50. The summed E-state index contributed by atoms with van der Waals surface area (Å²) in [4.78, 5) is 11.6. The summed E-state index contributed by atoms with van der Waals surface area (Å²) >= 11 is 0. The first kappa shape index (κ1) is 22.9. The molecule has 2 fully saturated rings. The van der Waals surface area contributed by atoms with Crippen molar-refractivity contribution in [3.63, 3.8) is 0 Å². The van der Waals surface area contributed by atoms with Crippen LogP contribution in [0.2, 0.25) is 0 Å². The Morgan fingerprint density at radius 1 is 1.27 bits per heavy atom. The first-order chi connectivity index (χ1) is 14.2. The van der Waals surface area contributed by atoms with Crippen molar-refractivity contribution >= 4 is 29.9 Å². The van der Waals surface area contributed by atoms with Crippen LogP contribution >= 0.6 is 24.0 Å². The molecule has 0 amide bonds. The molecule has 1 saturated heterocycles. The Hall–Kier alpha value is -1.77. The predicted octanol–water partition coefficient (Wildman–Crippen LogP) is 4.48. The predicted molar refractivity (Wildman–Crippen MR) is 132 cm³/mol. The number of likely N-dealkylation sites (tertiary alicyclic amines) is 1. The van der Waals surface area contributed by atoms with E-state index >= 15 is 0 Å². The number of aromatic nitrogens is 2. The second-order valence-electron chi connectivity index (χ2n) is 8.24. The zero-order valence-electron chi connectivity index (χ0n) is 18.0. The van der Waals surface area contributed by atoms with Crippen LogP contribution in [0.3, 0.4) is 0 Å². The molecular weight excluding hydrogens is 489 g/mol. The molecule has 1 aromatic carbocycles. The van der Waals surface area contributed by atoms with Crippen molar-refractivity contribution in [1.29, 1.82) is 0 Å². The average Bonchev–Trinajstić information content (AvgIpc) is 3.24. The third-order valence-corrected chi connectivity index (χ3v) is 6.18. The van der Waals surface area contributed by atoms with Crippen LogP contribution in [0.5, 0.6) is 5.75 Å². The third-order valence-electron chi connectivity index (χ3n) is 6.18. The van der Waals surface area contributed by atoms with Crippen molar-refractivity contribution in [2.75, 3.05) is 19.6 Å². The highest BCUT2D eigenvalue weighted by Crippen LogP contribution is 2.29. The van der Waals surface area contributed by atoms with Crippen molar-refractivity contribution in [1.82, 2.24) is 19.8 Å². The van der Waals surface area contributed by atoms with Gasteiger partial charge in [-0.05, 0) is 44.6 Å². The van der Waals surface area contributed by atoms with Crippen LogP contribution in [-0.4, -0.2) is 46.1 Å². The fraction of sp³-hybridized carbons (Fsp3) is 0.565. The molecule has 2 unspecified atom stereocenters. The maximum absolute atomic E-state index is 6.19. The van der Waals surface area contributed by atoms with Gasteiger partial charge in [-0.15, -0.1) is 24.0 Å².